The van der Waals surface area contributed by atoms with E-state index in [-0.39, 0.29) is 19.0 Å². The normalized spacial score (nSPS) is 10.4. The summed E-state index contributed by atoms with van der Waals surface area (Å²) in [5.74, 6) is 0.675. The van der Waals surface area contributed by atoms with Gasteiger partial charge >= 0.3 is 0 Å². The molecule has 0 aliphatic heterocycles. The Kier molecular flexibility index (Phi) is 4.98. The van der Waals surface area contributed by atoms with Gasteiger partial charge in [-0.15, -0.1) is 0 Å². The lowest BCUT2D eigenvalue weighted by atomic mass is 10.2. The van der Waals surface area contributed by atoms with Crippen LogP contribution in [0.5, 0.6) is 11.5 Å². The van der Waals surface area contributed by atoms with Gasteiger partial charge in [0.1, 0.15) is 23.9 Å². The molecule has 0 atom stereocenters. The molecule has 3 nitrogen and oxygen atoms in total. The second-order valence-electron chi connectivity index (χ2n) is 4.16. The quantitative estimate of drug-likeness (QED) is 0.902. The average molecular weight is 341 g/mol. The van der Waals surface area contributed by atoms with Crippen molar-refractivity contribution in [3.8, 4) is 11.5 Å². The molecule has 1 N–H and O–H groups in total. The molecule has 20 heavy (non-hydrogen) atoms. The summed E-state index contributed by atoms with van der Waals surface area (Å²) in [6.07, 6.45) is 0. The first kappa shape index (κ1) is 14.8. The maximum atomic E-state index is 13.7. The fourth-order valence-corrected chi connectivity index (χ4v) is 2.07. The standard InChI is InChI=1S/C15H14BrFO3/c1-19-12-3-2-10(15(17)7-12)9-20-13-4-5-14(16)11(6-13)8-18/h2-7,18H,8-9H2,1H3. The van der Waals surface area contributed by atoms with Crippen molar-refractivity contribution < 1.29 is 19.0 Å². The molecular weight excluding hydrogens is 327 g/mol. The highest BCUT2D eigenvalue weighted by atomic mass is 79.9. The van der Waals surface area contributed by atoms with Crippen LogP contribution in [0.4, 0.5) is 4.39 Å². The van der Waals surface area contributed by atoms with Gasteiger partial charge in [0.15, 0.2) is 0 Å². The van der Waals surface area contributed by atoms with Gasteiger partial charge in [-0.05, 0) is 35.9 Å². The summed E-state index contributed by atoms with van der Waals surface area (Å²) in [6.45, 7) is 0.0248. The van der Waals surface area contributed by atoms with E-state index in [9.17, 15) is 9.50 Å². The monoisotopic (exact) mass is 340 g/mol. The predicted molar refractivity (Wildman–Crippen MR) is 77.3 cm³/mol. The SMILES string of the molecule is COc1ccc(COc2ccc(Br)c(CO)c2)c(F)c1. The van der Waals surface area contributed by atoms with E-state index >= 15 is 0 Å². The number of ether oxygens (including phenoxy) is 2. The fourth-order valence-electron chi connectivity index (χ4n) is 1.70. The van der Waals surface area contributed by atoms with Crippen molar-refractivity contribution in [3.05, 3.63) is 57.8 Å². The number of rotatable bonds is 5. The molecule has 0 spiro atoms. The van der Waals surface area contributed by atoms with Gasteiger partial charge in [0.2, 0.25) is 0 Å². The van der Waals surface area contributed by atoms with Crippen molar-refractivity contribution >= 4 is 15.9 Å². The highest BCUT2D eigenvalue weighted by Gasteiger charge is 2.06. The van der Waals surface area contributed by atoms with Gasteiger partial charge in [-0.1, -0.05) is 15.9 Å². The molecular formula is C15H14BrFO3. The molecule has 0 aromatic heterocycles. The number of hydrogen-bond acceptors (Lipinski definition) is 3. The Morgan fingerprint density at radius 2 is 1.85 bits per heavy atom. The third kappa shape index (κ3) is 3.49. The second kappa shape index (κ2) is 6.72. The zero-order valence-corrected chi connectivity index (χ0v) is 12.5. The van der Waals surface area contributed by atoms with E-state index < -0.39 is 0 Å². The number of methoxy groups -OCH3 is 1. The number of aliphatic hydroxyl groups excluding tert-OH is 1. The number of benzene rings is 2. The van der Waals surface area contributed by atoms with E-state index in [1.54, 1.807) is 30.3 Å². The van der Waals surface area contributed by atoms with E-state index in [1.165, 1.54) is 13.2 Å². The minimum Gasteiger partial charge on any atom is -0.497 e. The Morgan fingerprint density at radius 1 is 1.10 bits per heavy atom. The van der Waals surface area contributed by atoms with Crippen LogP contribution in [0, 0.1) is 5.82 Å². The molecule has 0 bridgehead atoms. The maximum absolute atomic E-state index is 13.7. The Morgan fingerprint density at radius 3 is 2.50 bits per heavy atom. The molecule has 2 aromatic carbocycles. The lowest BCUT2D eigenvalue weighted by Crippen LogP contribution is -1.99. The van der Waals surface area contributed by atoms with Crippen molar-refractivity contribution in [2.45, 2.75) is 13.2 Å². The summed E-state index contributed by atoms with van der Waals surface area (Å²) in [5, 5.41) is 9.17. The number of halogens is 2. The van der Waals surface area contributed by atoms with Crippen LogP contribution in [-0.4, -0.2) is 12.2 Å². The summed E-state index contributed by atoms with van der Waals surface area (Å²) >= 11 is 3.32. The van der Waals surface area contributed by atoms with Gasteiger partial charge in [-0.25, -0.2) is 4.39 Å². The zero-order chi connectivity index (χ0) is 14.5. The van der Waals surface area contributed by atoms with E-state index in [1.807, 2.05) is 0 Å². The molecule has 106 valence electrons. The predicted octanol–water partition coefficient (Wildman–Crippen LogP) is 3.67. The lowest BCUT2D eigenvalue weighted by Gasteiger charge is -2.10. The highest BCUT2D eigenvalue weighted by Crippen LogP contribution is 2.24. The highest BCUT2D eigenvalue weighted by molar-refractivity contribution is 9.10. The molecule has 0 saturated carbocycles. The van der Waals surface area contributed by atoms with Gasteiger partial charge in [0.05, 0.1) is 13.7 Å². The first-order valence-corrected chi connectivity index (χ1v) is 6.78. The van der Waals surface area contributed by atoms with Crippen molar-refractivity contribution in [2.75, 3.05) is 7.11 Å². The van der Waals surface area contributed by atoms with Gasteiger partial charge < -0.3 is 14.6 Å². The minimum absolute atomic E-state index is 0.0886. The van der Waals surface area contributed by atoms with E-state index in [0.29, 0.717) is 17.1 Å². The number of hydrogen-bond donors (Lipinski definition) is 1. The topological polar surface area (TPSA) is 38.7 Å². The van der Waals surface area contributed by atoms with Crippen molar-refractivity contribution in [2.24, 2.45) is 0 Å². The van der Waals surface area contributed by atoms with Crippen LogP contribution in [0.25, 0.3) is 0 Å². The molecule has 0 heterocycles. The van der Waals surface area contributed by atoms with Crippen LogP contribution in [0.15, 0.2) is 40.9 Å². The third-order valence-electron chi connectivity index (χ3n) is 2.84. The molecule has 0 aliphatic carbocycles. The molecule has 2 rings (SSSR count). The van der Waals surface area contributed by atoms with E-state index in [2.05, 4.69) is 15.9 Å². The third-order valence-corrected chi connectivity index (χ3v) is 3.62. The molecule has 0 fully saturated rings. The van der Waals surface area contributed by atoms with Crippen molar-refractivity contribution in [3.63, 3.8) is 0 Å². The van der Waals surface area contributed by atoms with Crippen molar-refractivity contribution in [1.29, 1.82) is 0 Å². The Balaban J connectivity index is 2.08. The van der Waals surface area contributed by atoms with Crippen LogP contribution < -0.4 is 9.47 Å². The van der Waals surface area contributed by atoms with Crippen LogP contribution in [0.2, 0.25) is 0 Å². The second-order valence-corrected chi connectivity index (χ2v) is 5.01. The van der Waals surface area contributed by atoms with Gasteiger partial charge in [-0.2, -0.15) is 0 Å². The summed E-state index contributed by atoms with van der Waals surface area (Å²) in [6, 6.07) is 9.88. The average Bonchev–Trinajstić information content (AvgIpc) is 2.47. The smallest absolute Gasteiger partial charge is 0.133 e. The van der Waals surface area contributed by atoms with Gasteiger partial charge in [0.25, 0.3) is 0 Å². The van der Waals surface area contributed by atoms with Crippen LogP contribution in [-0.2, 0) is 13.2 Å². The van der Waals surface area contributed by atoms with Crippen LogP contribution >= 0.6 is 15.9 Å². The molecule has 0 radical (unpaired) electrons. The van der Waals surface area contributed by atoms with Crippen LogP contribution in [0.1, 0.15) is 11.1 Å². The molecule has 0 aliphatic rings. The molecule has 5 heteroatoms. The molecule has 0 amide bonds. The van der Waals surface area contributed by atoms with Gasteiger partial charge in [0, 0.05) is 16.1 Å². The Bertz CT molecular complexity index is 602. The summed E-state index contributed by atoms with van der Waals surface area (Å²) < 4.78 is 25.0. The lowest BCUT2D eigenvalue weighted by molar-refractivity contribution is 0.276. The molecule has 0 unspecified atom stereocenters. The zero-order valence-electron chi connectivity index (χ0n) is 10.9. The van der Waals surface area contributed by atoms with Gasteiger partial charge in [-0.3, -0.25) is 0 Å². The maximum Gasteiger partial charge on any atom is 0.133 e. The minimum atomic E-state index is -0.371. The summed E-state index contributed by atoms with van der Waals surface area (Å²) in [7, 11) is 1.49. The first-order valence-electron chi connectivity index (χ1n) is 5.98. The first-order chi connectivity index (χ1) is 9.63. The van der Waals surface area contributed by atoms with E-state index in [0.717, 1.165) is 10.0 Å². The number of aliphatic hydroxyl groups is 1. The summed E-state index contributed by atoms with van der Waals surface area (Å²) in [5.41, 5.74) is 1.16. The van der Waals surface area contributed by atoms with E-state index in [4.69, 9.17) is 9.47 Å². The molecule has 0 saturated heterocycles. The Labute approximate surface area is 125 Å². The van der Waals surface area contributed by atoms with Crippen molar-refractivity contribution in [1.82, 2.24) is 0 Å². The molecule has 2 aromatic rings. The van der Waals surface area contributed by atoms with Crippen LogP contribution in [0.3, 0.4) is 0 Å². The summed E-state index contributed by atoms with van der Waals surface area (Å²) in [4.78, 5) is 0. The largest absolute Gasteiger partial charge is 0.497 e. The fraction of sp³-hybridized carbons (Fsp3) is 0.200. The Hall–Kier alpha value is -1.59.